The molecule has 1 aliphatic carbocycles. The summed E-state index contributed by atoms with van der Waals surface area (Å²) in [5.74, 6) is 1.60. The van der Waals surface area contributed by atoms with Gasteiger partial charge in [0.2, 0.25) is 0 Å². The fourth-order valence-electron chi connectivity index (χ4n) is 1.70. The number of nitrogens with two attached hydrogens (primary N) is 1. The van der Waals surface area contributed by atoms with E-state index in [1.165, 1.54) is 18.4 Å². The van der Waals surface area contributed by atoms with Crippen LogP contribution in [-0.2, 0) is 0 Å². The second kappa shape index (κ2) is 2.95. The lowest BCUT2D eigenvalue weighted by Gasteiger charge is -2.11. The van der Waals surface area contributed by atoms with E-state index >= 15 is 0 Å². The third-order valence-corrected chi connectivity index (χ3v) is 2.74. The molecule has 2 heteroatoms. The van der Waals surface area contributed by atoms with Crippen molar-refractivity contribution in [2.75, 3.05) is 12.8 Å². The predicted molar refractivity (Wildman–Crippen MR) is 54.1 cm³/mol. The molecule has 1 aromatic rings. The van der Waals surface area contributed by atoms with Gasteiger partial charge < -0.3 is 10.5 Å². The molecular formula is C11H15NO. The summed E-state index contributed by atoms with van der Waals surface area (Å²) >= 11 is 0. The number of benzene rings is 1. The van der Waals surface area contributed by atoms with Crippen molar-refractivity contribution in [1.82, 2.24) is 0 Å². The van der Waals surface area contributed by atoms with Crippen LogP contribution in [-0.4, -0.2) is 7.11 Å². The van der Waals surface area contributed by atoms with Crippen LogP contribution < -0.4 is 10.5 Å². The highest BCUT2D eigenvalue weighted by atomic mass is 16.5. The SMILES string of the molecule is COc1ccc(C2CC2)c(N)c1C. The summed E-state index contributed by atoms with van der Waals surface area (Å²) in [6, 6.07) is 4.11. The maximum Gasteiger partial charge on any atom is 0.123 e. The monoisotopic (exact) mass is 177 g/mol. The fraction of sp³-hybridized carbons (Fsp3) is 0.455. The van der Waals surface area contributed by atoms with E-state index in [4.69, 9.17) is 10.5 Å². The van der Waals surface area contributed by atoms with Gasteiger partial charge in [-0.15, -0.1) is 0 Å². The average molecular weight is 177 g/mol. The molecule has 1 fully saturated rings. The summed E-state index contributed by atoms with van der Waals surface area (Å²) in [5, 5.41) is 0. The molecule has 0 unspecified atom stereocenters. The lowest BCUT2D eigenvalue weighted by Crippen LogP contribution is -1.98. The Morgan fingerprint density at radius 3 is 2.62 bits per heavy atom. The van der Waals surface area contributed by atoms with Crippen molar-refractivity contribution in [3.63, 3.8) is 0 Å². The second-order valence-corrected chi connectivity index (χ2v) is 3.67. The zero-order valence-electron chi connectivity index (χ0n) is 8.13. The Morgan fingerprint density at radius 1 is 1.38 bits per heavy atom. The minimum atomic E-state index is 0.713. The standard InChI is InChI=1S/C11H15NO/c1-7-10(13-2)6-5-9(11(7)12)8-3-4-8/h5-6,8H,3-4,12H2,1-2H3. The van der Waals surface area contributed by atoms with E-state index < -0.39 is 0 Å². The first kappa shape index (κ1) is 8.42. The lowest BCUT2D eigenvalue weighted by atomic mass is 10.0. The largest absolute Gasteiger partial charge is 0.496 e. The molecule has 70 valence electrons. The maximum absolute atomic E-state index is 6.02. The molecule has 0 aromatic heterocycles. The Hall–Kier alpha value is -1.18. The Morgan fingerprint density at radius 2 is 2.08 bits per heavy atom. The third-order valence-electron chi connectivity index (χ3n) is 2.74. The Kier molecular flexibility index (Phi) is 1.91. The normalized spacial score (nSPS) is 15.8. The highest BCUT2D eigenvalue weighted by Gasteiger charge is 2.26. The smallest absolute Gasteiger partial charge is 0.123 e. The van der Waals surface area contributed by atoms with E-state index in [1.54, 1.807) is 7.11 Å². The van der Waals surface area contributed by atoms with Gasteiger partial charge in [0.15, 0.2) is 0 Å². The molecule has 13 heavy (non-hydrogen) atoms. The number of methoxy groups -OCH3 is 1. The van der Waals surface area contributed by atoms with Gasteiger partial charge in [-0.25, -0.2) is 0 Å². The van der Waals surface area contributed by atoms with E-state index in [0.29, 0.717) is 5.92 Å². The minimum absolute atomic E-state index is 0.713. The van der Waals surface area contributed by atoms with Gasteiger partial charge in [0.25, 0.3) is 0 Å². The minimum Gasteiger partial charge on any atom is -0.496 e. The molecule has 0 atom stereocenters. The van der Waals surface area contributed by atoms with Crippen molar-refractivity contribution in [2.24, 2.45) is 0 Å². The molecular weight excluding hydrogens is 162 g/mol. The first-order valence-electron chi connectivity index (χ1n) is 4.67. The molecule has 2 N–H and O–H groups in total. The van der Waals surface area contributed by atoms with E-state index in [2.05, 4.69) is 6.07 Å². The van der Waals surface area contributed by atoms with Crippen molar-refractivity contribution in [1.29, 1.82) is 0 Å². The summed E-state index contributed by atoms with van der Waals surface area (Å²) < 4.78 is 5.20. The molecule has 1 aromatic carbocycles. The van der Waals surface area contributed by atoms with E-state index in [-0.39, 0.29) is 0 Å². The van der Waals surface area contributed by atoms with Crippen LogP contribution in [0, 0.1) is 6.92 Å². The molecule has 0 bridgehead atoms. The predicted octanol–water partition coefficient (Wildman–Crippen LogP) is 2.46. The summed E-state index contributed by atoms with van der Waals surface area (Å²) in [6.45, 7) is 2.01. The topological polar surface area (TPSA) is 35.2 Å². The Bertz CT molecular complexity index is 329. The molecule has 0 saturated heterocycles. The van der Waals surface area contributed by atoms with Crippen LogP contribution >= 0.6 is 0 Å². The first-order chi connectivity index (χ1) is 6.24. The van der Waals surface area contributed by atoms with Crippen molar-refractivity contribution in [2.45, 2.75) is 25.7 Å². The Labute approximate surface area is 78.7 Å². The molecule has 1 saturated carbocycles. The van der Waals surface area contributed by atoms with Crippen LogP contribution in [0.25, 0.3) is 0 Å². The first-order valence-corrected chi connectivity index (χ1v) is 4.67. The molecule has 2 rings (SSSR count). The number of anilines is 1. The quantitative estimate of drug-likeness (QED) is 0.704. The van der Waals surface area contributed by atoms with Gasteiger partial charge in [-0.2, -0.15) is 0 Å². The number of nitrogen functional groups attached to an aromatic ring is 1. The maximum atomic E-state index is 6.02. The highest BCUT2D eigenvalue weighted by Crippen LogP contribution is 2.44. The lowest BCUT2D eigenvalue weighted by molar-refractivity contribution is 0.412. The van der Waals surface area contributed by atoms with Gasteiger partial charge in [0, 0.05) is 11.3 Å². The van der Waals surface area contributed by atoms with Gasteiger partial charge >= 0.3 is 0 Å². The number of hydrogen-bond donors (Lipinski definition) is 1. The summed E-state index contributed by atoms with van der Waals surface area (Å²) in [6.07, 6.45) is 2.58. The van der Waals surface area contributed by atoms with Gasteiger partial charge in [-0.1, -0.05) is 6.07 Å². The number of hydrogen-bond acceptors (Lipinski definition) is 2. The highest BCUT2D eigenvalue weighted by molar-refractivity contribution is 5.61. The van der Waals surface area contributed by atoms with Crippen molar-refractivity contribution in [3.8, 4) is 5.75 Å². The van der Waals surface area contributed by atoms with Crippen LogP contribution in [0.15, 0.2) is 12.1 Å². The summed E-state index contributed by atoms with van der Waals surface area (Å²) in [5.41, 5.74) is 9.32. The van der Waals surface area contributed by atoms with E-state index in [1.807, 2.05) is 13.0 Å². The van der Waals surface area contributed by atoms with Crippen LogP contribution in [0.1, 0.15) is 29.9 Å². The molecule has 2 nitrogen and oxygen atoms in total. The second-order valence-electron chi connectivity index (χ2n) is 3.67. The van der Waals surface area contributed by atoms with Gasteiger partial charge in [0.1, 0.15) is 5.75 Å². The van der Waals surface area contributed by atoms with Gasteiger partial charge in [-0.3, -0.25) is 0 Å². The van der Waals surface area contributed by atoms with Crippen molar-refractivity contribution < 1.29 is 4.74 Å². The summed E-state index contributed by atoms with van der Waals surface area (Å²) in [4.78, 5) is 0. The molecule has 0 spiro atoms. The van der Waals surface area contributed by atoms with Crippen LogP contribution in [0.4, 0.5) is 5.69 Å². The van der Waals surface area contributed by atoms with E-state index in [0.717, 1.165) is 17.0 Å². The Balaban J connectivity index is 2.44. The van der Waals surface area contributed by atoms with Crippen LogP contribution in [0.5, 0.6) is 5.75 Å². The number of rotatable bonds is 2. The zero-order chi connectivity index (χ0) is 9.42. The average Bonchev–Trinajstić information content (AvgIpc) is 2.93. The molecule has 1 aliphatic rings. The molecule has 0 aliphatic heterocycles. The van der Waals surface area contributed by atoms with E-state index in [9.17, 15) is 0 Å². The third kappa shape index (κ3) is 1.37. The molecule has 0 radical (unpaired) electrons. The van der Waals surface area contributed by atoms with Crippen LogP contribution in [0.2, 0.25) is 0 Å². The van der Waals surface area contributed by atoms with Crippen molar-refractivity contribution >= 4 is 5.69 Å². The molecule has 0 heterocycles. The molecule has 0 amide bonds. The fourth-order valence-corrected chi connectivity index (χ4v) is 1.70. The van der Waals surface area contributed by atoms with Gasteiger partial charge in [0.05, 0.1) is 7.11 Å². The zero-order valence-corrected chi connectivity index (χ0v) is 8.13. The summed E-state index contributed by atoms with van der Waals surface area (Å²) in [7, 11) is 1.68. The van der Waals surface area contributed by atoms with Crippen molar-refractivity contribution in [3.05, 3.63) is 23.3 Å². The van der Waals surface area contributed by atoms with Crippen LogP contribution in [0.3, 0.4) is 0 Å². The van der Waals surface area contributed by atoms with Gasteiger partial charge in [-0.05, 0) is 37.3 Å². The number of ether oxygens (including phenoxy) is 1.